The van der Waals surface area contributed by atoms with Crippen LogP contribution in [0.2, 0.25) is 5.02 Å². The maximum absolute atomic E-state index is 12.8. The lowest BCUT2D eigenvalue weighted by molar-refractivity contribution is 0.582. The topological polar surface area (TPSA) is 49.4 Å². The van der Waals surface area contributed by atoms with Gasteiger partial charge >= 0.3 is 0 Å². The molecule has 0 spiro atoms. The van der Waals surface area contributed by atoms with Gasteiger partial charge in [-0.3, -0.25) is 0 Å². The lowest BCUT2D eigenvalue weighted by atomic mass is 10.1. The van der Waals surface area contributed by atoms with Crippen LogP contribution in [0.4, 0.5) is 5.69 Å². The predicted molar refractivity (Wildman–Crippen MR) is 104 cm³/mol. The highest BCUT2D eigenvalue weighted by Gasteiger charge is 2.18. The van der Waals surface area contributed by atoms with Gasteiger partial charge in [-0.1, -0.05) is 54.1 Å². The third-order valence-electron chi connectivity index (χ3n) is 4.04. The average Bonchev–Trinajstić information content (AvgIpc) is 2.60. The Balaban J connectivity index is 2.00. The highest BCUT2D eigenvalue weighted by molar-refractivity contribution is 7.89. The number of sulfonamides is 1. The van der Waals surface area contributed by atoms with Crippen LogP contribution < -0.4 is 9.62 Å². The van der Waals surface area contributed by atoms with E-state index in [2.05, 4.69) is 4.72 Å². The molecule has 130 valence electrons. The maximum atomic E-state index is 12.8. The fourth-order valence-electron chi connectivity index (χ4n) is 2.78. The fraction of sp³-hybridized carbons (Fsp3) is 0.158. The number of hydrogen-bond donors (Lipinski definition) is 1. The van der Waals surface area contributed by atoms with Gasteiger partial charge in [0.05, 0.1) is 4.90 Å². The Morgan fingerprint density at radius 2 is 1.60 bits per heavy atom. The lowest BCUT2D eigenvalue weighted by Crippen LogP contribution is -2.23. The van der Waals surface area contributed by atoms with Crippen molar-refractivity contribution >= 4 is 38.1 Å². The number of rotatable bonds is 5. The van der Waals surface area contributed by atoms with Crippen LogP contribution in [0.15, 0.2) is 65.6 Å². The van der Waals surface area contributed by atoms with Crippen molar-refractivity contribution in [2.75, 3.05) is 19.0 Å². The van der Waals surface area contributed by atoms with Crippen molar-refractivity contribution in [2.45, 2.75) is 11.4 Å². The third kappa shape index (κ3) is 3.63. The van der Waals surface area contributed by atoms with Crippen LogP contribution in [0.5, 0.6) is 0 Å². The average molecular weight is 375 g/mol. The summed E-state index contributed by atoms with van der Waals surface area (Å²) in [6, 6.07) is 18.2. The molecule has 0 saturated heterocycles. The molecular formula is C19H19ClN2O2S. The van der Waals surface area contributed by atoms with Crippen molar-refractivity contribution in [3.63, 3.8) is 0 Å². The van der Waals surface area contributed by atoms with Gasteiger partial charge < -0.3 is 4.90 Å². The quantitative estimate of drug-likeness (QED) is 0.733. The normalized spacial score (nSPS) is 11.6. The Kier molecular flexibility index (Phi) is 4.99. The van der Waals surface area contributed by atoms with E-state index in [1.54, 1.807) is 24.3 Å². The Bertz CT molecular complexity index is 1020. The summed E-state index contributed by atoms with van der Waals surface area (Å²) in [5.74, 6) is 0. The van der Waals surface area contributed by atoms with Crippen molar-refractivity contribution in [1.82, 2.24) is 4.72 Å². The molecule has 0 aliphatic carbocycles. The predicted octanol–water partition coefficient (Wildman–Crippen LogP) is 4.04. The molecule has 0 unspecified atom stereocenters. The molecule has 0 aliphatic heterocycles. The molecule has 0 atom stereocenters. The van der Waals surface area contributed by atoms with E-state index in [1.165, 1.54) is 0 Å². The Hall–Kier alpha value is -2.08. The molecule has 4 nitrogen and oxygen atoms in total. The molecule has 0 radical (unpaired) electrons. The zero-order valence-corrected chi connectivity index (χ0v) is 15.6. The highest BCUT2D eigenvalue weighted by atomic mass is 35.5. The summed E-state index contributed by atoms with van der Waals surface area (Å²) in [6.45, 7) is 0.145. The van der Waals surface area contributed by atoms with Crippen LogP contribution in [-0.4, -0.2) is 22.5 Å². The van der Waals surface area contributed by atoms with Crippen LogP contribution in [-0.2, 0) is 16.6 Å². The van der Waals surface area contributed by atoms with Gasteiger partial charge in [0.2, 0.25) is 10.0 Å². The van der Waals surface area contributed by atoms with E-state index in [-0.39, 0.29) is 11.4 Å². The van der Waals surface area contributed by atoms with Gasteiger partial charge in [-0.25, -0.2) is 13.1 Å². The summed E-state index contributed by atoms with van der Waals surface area (Å²) in [5.41, 5.74) is 1.71. The van der Waals surface area contributed by atoms with E-state index in [1.807, 2.05) is 55.4 Å². The fourth-order valence-corrected chi connectivity index (χ4v) is 4.21. The minimum atomic E-state index is -3.67. The van der Waals surface area contributed by atoms with Crippen LogP contribution >= 0.6 is 11.6 Å². The molecule has 3 aromatic carbocycles. The molecule has 1 N–H and O–H groups in total. The zero-order chi connectivity index (χ0) is 18.0. The van der Waals surface area contributed by atoms with Crippen molar-refractivity contribution in [1.29, 1.82) is 0 Å². The molecule has 0 aliphatic rings. The van der Waals surface area contributed by atoms with E-state index in [0.29, 0.717) is 10.4 Å². The van der Waals surface area contributed by atoms with Crippen LogP contribution in [0.1, 0.15) is 5.56 Å². The first-order valence-corrected chi connectivity index (χ1v) is 9.68. The first-order chi connectivity index (χ1) is 11.9. The van der Waals surface area contributed by atoms with Crippen LogP contribution in [0, 0.1) is 0 Å². The summed E-state index contributed by atoms with van der Waals surface area (Å²) >= 11 is 6.11. The van der Waals surface area contributed by atoms with Gasteiger partial charge in [-0.15, -0.1) is 0 Å². The van der Waals surface area contributed by atoms with Crippen molar-refractivity contribution < 1.29 is 8.42 Å². The molecule has 0 saturated carbocycles. The third-order valence-corrected chi connectivity index (χ3v) is 5.87. The highest BCUT2D eigenvalue weighted by Crippen LogP contribution is 2.30. The summed E-state index contributed by atoms with van der Waals surface area (Å²) in [7, 11) is 0.201. The summed E-state index contributed by atoms with van der Waals surface area (Å²) in [6.07, 6.45) is 0. The molecule has 0 amide bonds. The van der Waals surface area contributed by atoms with Gasteiger partial charge in [-0.2, -0.15) is 0 Å². The van der Waals surface area contributed by atoms with E-state index < -0.39 is 10.0 Å². The maximum Gasteiger partial charge on any atom is 0.241 e. The van der Waals surface area contributed by atoms with Crippen molar-refractivity contribution in [2.24, 2.45) is 0 Å². The monoisotopic (exact) mass is 374 g/mol. The summed E-state index contributed by atoms with van der Waals surface area (Å²) < 4.78 is 28.3. The molecule has 0 bridgehead atoms. The molecule has 3 aromatic rings. The minimum Gasteiger partial charge on any atom is -0.377 e. The molecule has 6 heteroatoms. The number of nitrogens with zero attached hydrogens (tertiary/aromatic N) is 1. The molecule has 0 heterocycles. The Morgan fingerprint density at radius 1 is 0.920 bits per heavy atom. The van der Waals surface area contributed by atoms with Crippen LogP contribution in [0.3, 0.4) is 0 Å². The second-order valence-electron chi connectivity index (χ2n) is 5.94. The zero-order valence-electron chi connectivity index (χ0n) is 14.0. The number of anilines is 1. The first kappa shape index (κ1) is 17.7. The summed E-state index contributed by atoms with van der Waals surface area (Å²) in [5, 5.41) is 2.13. The molecule has 3 rings (SSSR count). The second kappa shape index (κ2) is 7.04. The molecule has 0 fully saturated rings. The van der Waals surface area contributed by atoms with Crippen molar-refractivity contribution in [3.05, 3.63) is 71.2 Å². The minimum absolute atomic E-state index is 0.145. The largest absolute Gasteiger partial charge is 0.377 e. The number of hydrogen-bond acceptors (Lipinski definition) is 3. The van der Waals surface area contributed by atoms with Gasteiger partial charge in [0.25, 0.3) is 0 Å². The molecule has 25 heavy (non-hydrogen) atoms. The van der Waals surface area contributed by atoms with Gasteiger partial charge in [0.15, 0.2) is 0 Å². The van der Waals surface area contributed by atoms with Crippen LogP contribution in [0.25, 0.3) is 10.8 Å². The van der Waals surface area contributed by atoms with Gasteiger partial charge in [0, 0.05) is 42.1 Å². The molecular weight excluding hydrogens is 356 g/mol. The number of fused-ring (bicyclic) bond motifs is 1. The standard InChI is InChI=1S/C19H19ClN2O2S/c1-22(2)18-11-5-9-16-15(18)8-6-12-19(16)25(23,24)21-13-14-7-3-4-10-17(14)20/h3-12,21H,13H2,1-2H3. The van der Waals surface area contributed by atoms with E-state index in [4.69, 9.17) is 11.6 Å². The SMILES string of the molecule is CN(C)c1cccc2c(S(=O)(=O)NCc3ccccc3Cl)cccc12. The lowest BCUT2D eigenvalue weighted by Gasteiger charge is -2.17. The first-order valence-electron chi connectivity index (χ1n) is 7.82. The van der Waals surface area contributed by atoms with Gasteiger partial charge in [-0.05, 0) is 23.8 Å². The van der Waals surface area contributed by atoms with E-state index in [0.717, 1.165) is 16.6 Å². The number of nitrogens with one attached hydrogen (secondary N) is 1. The van der Waals surface area contributed by atoms with Crippen molar-refractivity contribution in [3.8, 4) is 0 Å². The smallest absolute Gasteiger partial charge is 0.241 e. The van der Waals surface area contributed by atoms with E-state index >= 15 is 0 Å². The Morgan fingerprint density at radius 3 is 2.32 bits per heavy atom. The second-order valence-corrected chi connectivity index (χ2v) is 8.08. The number of benzene rings is 3. The molecule has 0 aromatic heterocycles. The Labute approximate surface area is 153 Å². The van der Waals surface area contributed by atoms with Gasteiger partial charge in [0.1, 0.15) is 0 Å². The number of halogens is 1. The summed E-state index contributed by atoms with van der Waals surface area (Å²) in [4.78, 5) is 2.23. The van der Waals surface area contributed by atoms with E-state index in [9.17, 15) is 8.42 Å².